The monoisotopic (exact) mass is 144 g/mol. The van der Waals surface area contributed by atoms with E-state index in [1.165, 1.54) is 19.0 Å². The van der Waals surface area contributed by atoms with Gasteiger partial charge in [-0.2, -0.15) is 0 Å². The minimum absolute atomic E-state index is 1.22. The first kappa shape index (κ1) is 7.28. The third-order valence-electron chi connectivity index (χ3n) is 1.99. The molecule has 0 aromatic rings. The molecule has 0 saturated carbocycles. The molecule has 0 aromatic carbocycles. The summed E-state index contributed by atoms with van der Waals surface area (Å²) < 4.78 is 0. The predicted molar refractivity (Wildman–Crippen MR) is 47.9 cm³/mol. The molecule has 0 bridgehead atoms. The third kappa shape index (κ3) is 2.10. The van der Waals surface area contributed by atoms with Crippen LogP contribution in [0.1, 0.15) is 12.8 Å². The van der Waals surface area contributed by atoms with Crippen LogP contribution in [0.15, 0.2) is 11.9 Å². The van der Waals surface area contributed by atoms with Crippen molar-refractivity contribution in [2.45, 2.75) is 12.8 Å². The van der Waals surface area contributed by atoms with Gasteiger partial charge >= 0.3 is 57.5 Å². The van der Waals surface area contributed by atoms with Gasteiger partial charge in [0.1, 0.15) is 0 Å². The molecule has 1 aliphatic rings. The van der Waals surface area contributed by atoms with Crippen molar-refractivity contribution < 1.29 is 0 Å². The molecule has 0 aliphatic carbocycles. The molecule has 0 N–H and O–H groups in total. The second-order valence-electron chi connectivity index (χ2n) is 4.50. The number of hydrogen-bond donors (Lipinski definition) is 0. The molecule has 9 heavy (non-hydrogen) atoms. The van der Waals surface area contributed by atoms with Gasteiger partial charge in [-0.05, 0) is 0 Å². The summed E-state index contributed by atoms with van der Waals surface area (Å²) in [4.78, 5) is 0. The van der Waals surface area contributed by atoms with Crippen molar-refractivity contribution in [2.75, 3.05) is 26.2 Å². The number of allylic oxidation sites excluding steroid dienone is 1. The second kappa shape index (κ2) is 1.83. The molecule has 0 atom stereocenters. The summed E-state index contributed by atoms with van der Waals surface area (Å²) in [6.07, 6.45) is 6.55. The van der Waals surface area contributed by atoms with E-state index in [9.17, 15) is 0 Å². The Bertz CT molecular complexity index is 136. The first-order chi connectivity index (χ1) is 3.97. The molecule has 0 saturated heterocycles. The van der Waals surface area contributed by atoms with Crippen molar-refractivity contribution in [3.05, 3.63) is 11.9 Å². The third-order valence-corrected chi connectivity index (χ3v) is 5.22. The quantitative estimate of drug-likeness (QED) is 0.458. The van der Waals surface area contributed by atoms with E-state index < -0.39 is 6.60 Å². The summed E-state index contributed by atoms with van der Waals surface area (Å²) in [5, 5.41) is 0. The summed E-state index contributed by atoms with van der Waals surface area (Å²) in [7, 11) is 0. The fourth-order valence-electron chi connectivity index (χ4n) is 1.31. The SMILES string of the molecule is CP1(C)(C)C=CCCC1. The molecule has 0 nitrogen and oxygen atoms in total. The molecule has 54 valence electrons. The fourth-order valence-corrected chi connectivity index (χ4v) is 3.71. The van der Waals surface area contributed by atoms with Crippen LogP contribution in [0.25, 0.3) is 0 Å². The Labute approximate surface area is 58.3 Å². The molecule has 0 spiro atoms. The summed E-state index contributed by atoms with van der Waals surface area (Å²) in [6, 6.07) is 0. The van der Waals surface area contributed by atoms with Crippen LogP contribution in [0, 0.1) is 0 Å². The van der Waals surface area contributed by atoms with Gasteiger partial charge in [0, 0.05) is 0 Å². The number of hydrogen-bond acceptors (Lipinski definition) is 0. The molecule has 0 amide bonds. The van der Waals surface area contributed by atoms with Gasteiger partial charge in [0.2, 0.25) is 0 Å². The van der Waals surface area contributed by atoms with Crippen molar-refractivity contribution in [3.63, 3.8) is 0 Å². The van der Waals surface area contributed by atoms with Crippen LogP contribution in [0.3, 0.4) is 0 Å². The van der Waals surface area contributed by atoms with Crippen LogP contribution in [0.4, 0.5) is 0 Å². The average Bonchev–Trinajstić information content (AvgIpc) is 1.62. The summed E-state index contributed by atoms with van der Waals surface area (Å²) in [6.45, 7) is 6.11. The van der Waals surface area contributed by atoms with E-state index in [0.717, 1.165) is 0 Å². The van der Waals surface area contributed by atoms with Crippen LogP contribution in [0.2, 0.25) is 0 Å². The standard InChI is InChI=1S/C8H17P/c1-9(2,3)7-5-4-6-8-9/h5,7H,4,6,8H2,1-3H3. The molecule has 0 fully saturated rings. The van der Waals surface area contributed by atoms with Gasteiger partial charge in [0.05, 0.1) is 0 Å². The van der Waals surface area contributed by atoms with Crippen molar-refractivity contribution >= 4 is 6.60 Å². The number of rotatable bonds is 0. The first-order valence-corrected chi connectivity index (χ1v) is 7.49. The van der Waals surface area contributed by atoms with Gasteiger partial charge in [-0.25, -0.2) is 0 Å². The molecule has 1 heteroatoms. The zero-order valence-corrected chi connectivity index (χ0v) is 7.62. The van der Waals surface area contributed by atoms with Gasteiger partial charge in [-0.1, -0.05) is 0 Å². The Morgan fingerprint density at radius 2 is 1.89 bits per heavy atom. The maximum absolute atomic E-state index is 2.48. The van der Waals surface area contributed by atoms with Gasteiger partial charge in [0.15, 0.2) is 0 Å². The normalized spacial score (nSPS) is 34.8. The van der Waals surface area contributed by atoms with E-state index >= 15 is 0 Å². The predicted octanol–water partition coefficient (Wildman–Crippen LogP) is 2.74. The molecule has 1 aliphatic heterocycles. The second-order valence-corrected chi connectivity index (χ2v) is 11.7. The zero-order chi connectivity index (χ0) is 6.98. The summed E-state index contributed by atoms with van der Waals surface area (Å²) in [5.74, 6) is 2.48. The van der Waals surface area contributed by atoms with Crippen molar-refractivity contribution in [1.29, 1.82) is 0 Å². The van der Waals surface area contributed by atoms with Gasteiger partial charge in [0.25, 0.3) is 0 Å². The summed E-state index contributed by atoms with van der Waals surface area (Å²) >= 11 is 0. The van der Waals surface area contributed by atoms with E-state index in [4.69, 9.17) is 0 Å². The van der Waals surface area contributed by atoms with Crippen molar-refractivity contribution in [2.24, 2.45) is 0 Å². The minimum atomic E-state index is -1.22. The van der Waals surface area contributed by atoms with E-state index in [-0.39, 0.29) is 0 Å². The van der Waals surface area contributed by atoms with E-state index in [1.54, 1.807) is 0 Å². The summed E-state index contributed by atoms with van der Waals surface area (Å²) in [5.41, 5.74) is 0. The Hall–Kier alpha value is 0.170. The Balaban J connectivity index is 2.80. The fraction of sp³-hybridized carbons (Fsp3) is 0.750. The first-order valence-electron chi connectivity index (χ1n) is 3.66. The van der Waals surface area contributed by atoms with Crippen molar-refractivity contribution in [3.8, 4) is 0 Å². The maximum atomic E-state index is 2.48. The van der Waals surface area contributed by atoms with Crippen molar-refractivity contribution in [1.82, 2.24) is 0 Å². The van der Waals surface area contributed by atoms with Crippen LogP contribution in [-0.2, 0) is 0 Å². The molecule has 0 unspecified atom stereocenters. The van der Waals surface area contributed by atoms with Gasteiger partial charge in [-0.3, -0.25) is 0 Å². The molecule has 1 rings (SSSR count). The molecular formula is C8H17P. The van der Waals surface area contributed by atoms with Gasteiger partial charge in [-0.15, -0.1) is 0 Å². The molecule has 0 aromatic heterocycles. The van der Waals surface area contributed by atoms with Gasteiger partial charge < -0.3 is 0 Å². The Kier molecular flexibility index (Phi) is 1.48. The van der Waals surface area contributed by atoms with E-state index in [2.05, 4.69) is 31.9 Å². The van der Waals surface area contributed by atoms with Crippen LogP contribution < -0.4 is 0 Å². The Morgan fingerprint density at radius 1 is 1.22 bits per heavy atom. The average molecular weight is 144 g/mol. The molecule has 0 radical (unpaired) electrons. The van der Waals surface area contributed by atoms with E-state index in [0.29, 0.717) is 0 Å². The Morgan fingerprint density at radius 3 is 2.11 bits per heavy atom. The zero-order valence-electron chi connectivity index (χ0n) is 6.72. The van der Waals surface area contributed by atoms with E-state index in [1.807, 2.05) is 0 Å². The van der Waals surface area contributed by atoms with Crippen LogP contribution in [-0.4, -0.2) is 26.2 Å². The molecule has 1 heterocycles. The van der Waals surface area contributed by atoms with Crippen LogP contribution in [0.5, 0.6) is 0 Å². The molecular weight excluding hydrogens is 127 g/mol. The van der Waals surface area contributed by atoms with Crippen LogP contribution >= 0.6 is 6.60 Å². The topological polar surface area (TPSA) is 0 Å².